The van der Waals surface area contributed by atoms with Crippen LogP contribution in [0.3, 0.4) is 0 Å². The number of phenolic OH excluding ortho intramolecular Hbond substituents is 1. The van der Waals surface area contributed by atoms with Gasteiger partial charge in [0.2, 0.25) is 0 Å². The summed E-state index contributed by atoms with van der Waals surface area (Å²) in [5.74, 6) is -1.33. The Morgan fingerprint density at radius 3 is 2.75 bits per heavy atom. The van der Waals surface area contributed by atoms with E-state index in [0.29, 0.717) is 0 Å². The third kappa shape index (κ3) is 3.17. The number of carbonyl (C=O) groups excluding carboxylic acids is 1. The fourth-order valence-electron chi connectivity index (χ4n) is 1.96. The number of nitrogens with two attached hydrogens (primary N) is 1. The van der Waals surface area contributed by atoms with Crippen LogP contribution < -0.4 is 5.73 Å². The molecule has 0 spiro atoms. The van der Waals surface area contributed by atoms with E-state index in [-0.39, 0.29) is 42.1 Å². The summed E-state index contributed by atoms with van der Waals surface area (Å²) in [5.41, 5.74) is 5.45. The van der Waals surface area contributed by atoms with E-state index in [1.165, 1.54) is 6.07 Å². The SMILES string of the molecule is N/C(CCN(C(=O)c1ccc(F)cc1O)C1CC1)=N/O. The maximum absolute atomic E-state index is 12.9. The zero-order chi connectivity index (χ0) is 14.7. The molecule has 1 fully saturated rings. The van der Waals surface area contributed by atoms with Crippen LogP contribution in [0.15, 0.2) is 23.4 Å². The molecule has 1 saturated carbocycles. The van der Waals surface area contributed by atoms with E-state index in [4.69, 9.17) is 10.9 Å². The summed E-state index contributed by atoms with van der Waals surface area (Å²) in [7, 11) is 0. The van der Waals surface area contributed by atoms with Crippen molar-refractivity contribution in [3.8, 4) is 5.75 Å². The third-order valence-corrected chi connectivity index (χ3v) is 3.18. The van der Waals surface area contributed by atoms with Gasteiger partial charge in [0.15, 0.2) is 0 Å². The molecule has 0 saturated heterocycles. The average Bonchev–Trinajstić information content (AvgIpc) is 3.23. The number of nitrogens with zero attached hydrogens (tertiary/aromatic N) is 2. The van der Waals surface area contributed by atoms with Gasteiger partial charge in [-0.1, -0.05) is 5.16 Å². The van der Waals surface area contributed by atoms with E-state index < -0.39 is 5.82 Å². The number of hydrogen-bond donors (Lipinski definition) is 3. The van der Waals surface area contributed by atoms with Gasteiger partial charge in [-0.25, -0.2) is 4.39 Å². The lowest BCUT2D eigenvalue weighted by atomic mass is 10.1. The first-order valence-corrected chi connectivity index (χ1v) is 6.29. The molecule has 7 heteroatoms. The lowest BCUT2D eigenvalue weighted by molar-refractivity contribution is 0.0744. The van der Waals surface area contributed by atoms with Crippen molar-refractivity contribution in [2.75, 3.05) is 6.54 Å². The van der Waals surface area contributed by atoms with Crippen LogP contribution in [0.1, 0.15) is 29.6 Å². The average molecular weight is 281 g/mol. The number of hydrogen-bond acceptors (Lipinski definition) is 4. The van der Waals surface area contributed by atoms with Gasteiger partial charge < -0.3 is 20.9 Å². The zero-order valence-corrected chi connectivity index (χ0v) is 10.8. The number of benzene rings is 1. The molecule has 0 unspecified atom stereocenters. The van der Waals surface area contributed by atoms with Gasteiger partial charge in [0.25, 0.3) is 5.91 Å². The minimum atomic E-state index is -0.603. The molecule has 1 amide bonds. The molecule has 2 rings (SSSR count). The summed E-state index contributed by atoms with van der Waals surface area (Å²) in [6.45, 7) is 0.288. The van der Waals surface area contributed by atoms with Gasteiger partial charge in [0.1, 0.15) is 17.4 Å². The van der Waals surface area contributed by atoms with Crippen molar-refractivity contribution < 1.29 is 19.5 Å². The molecule has 0 radical (unpaired) electrons. The molecule has 108 valence electrons. The number of rotatable bonds is 5. The summed E-state index contributed by atoms with van der Waals surface area (Å²) in [6, 6.07) is 3.38. The minimum absolute atomic E-state index is 0.0341. The van der Waals surface area contributed by atoms with Gasteiger partial charge in [0.05, 0.1) is 5.56 Å². The van der Waals surface area contributed by atoms with Crippen molar-refractivity contribution in [2.45, 2.75) is 25.3 Å². The third-order valence-electron chi connectivity index (χ3n) is 3.18. The van der Waals surface area contributed by atoms with Gasteiger partial charge in [-0.05, 0) is 25.0 Å². The monoisotopic (exact) mass is 281 g/mol. The predicted octanol–water partition coefficient (Wildman–Crippen LogP) is 1.27. The largest absolute Gasteiger partial charge is 0.507 e. The molecule has 1 aliphatic rings. The summed E-state index contributed by atoms with van der Waals surface area (Å²) in [4.78, 5) is 13.9. The molecule has 1 aliphatic carbocycles. The van der Waals surface area contributed by atoms with Crippen molar-refractivity contribution in [1.82, 2.24) is 4.90 Å². The Labute approximate surface area is 115 Å². The first-order valence-electron chi connectivity index (χ1n) is 6.29. The number of amides is 1. The second-order valence-corrected chi connectivity index (χ2v) is 4.73. The first kappa shape index (κ1) is 14.1. The number of amidine groups is 1. The smallest absolute Gasteiger partial charge is 0.257 e. The predicted molar refractivity (Wildman–Crippen MR) is 70.1 cm³/mol. The summed E-state index contributed by atoms with van der Waals surface area (Å²) < 4.78 is 12.9. The maximum Gasteiger partial charge on any atom is 0.257 e. The highest BCUT2D eigenvalue weighted by molar-refractivity contribution is 5.97. The van der Waals surface area contributed by atoms with E-state index in [1.807, 2.05) is 0 Å². The van der Waals surface area contributed by atoms with Crippen molar-refractivity contribution in [1.29, 1.82) is 0 Å². The molecule has 4 N–H and O–H groups in total. The van der Waals surface area contributed by atoms with E-state index in [2.05, 4.69) is 5.16 Å². The Morgan fingerprint density at radius 1 is 1.50 bits per heavy atom. The van der Waals surface area contributed by atoms with Gasteiger partial charge in [-0.2, -0.15) is 0 Å². The molecule has 0 aromatic heterocycles. The highest BCUT2D eigenvalue weighted by atomic mass is 19.1. The van der Waals surface area contributed by atoms with Crippen LogP contribution >= 0.6 is 0 Å². The highest BCUT2D eigenvalue weighted by Gasteiger charge is 2.33. The Kier molecular flexibility index (Phi) is 4.07. The fourth-order valence-corrected chi connectivity index (χ4v) is 1.96. The van der Waals surface area contributed by atoms with Crippen LogP contribution in [0, 0.1) is 5.82 Å². The van der Waals surface area contributed by atoms with Crippen LogP contribution in [-0.2, 0) is 0 Å². The molecule has 6 nitrogen and oxygen atoms in total. The molecular formula is C13H16FN3O3. The summed E-state index contributed by atoms with van der Waals surface area (Å²) >= 11 is 0. The number of aromatic hydroxyl groups is 1. The van der Waals surface area contributed by atoms with Crippen molar-refractivity contribution in [2.24, 2.45) is 10.9 Å². The summed E-state index contributed by atoms with van der Waals surface area (Å²) in [5, 5.41) is 21.0. The molecule has 0 heterocycles. The van der Waals surface area contributed by atoms with E-state index >= 15 is 0 Å². The van der Waals surface area contributed by atoms with Gasteiger partial charge in [-0.15, -0.1) is 0 Å². The van der Waals surface area contributed by atoms with E-state index in [1.54, 1.807) is 4.90 Å². The van der Waals surface area contributed by atoms with Crippen LogP contribution in [-0.4, -0.2) is 39.5 Å². The Hall–Kier alpha value is -2.31. The molecule has 0 atom stereocenters. The molecule has 20 heavy (non-hydrogen) atoms. The van der Waals surface area contributed by atoms with Crippen molar-refractivity contribution >= 4 is 11.7 Å². The first-order chi connectivity index (χ1) is 9.52. The molecule has 1 aromatic rings. The van der Waals surface area contributed by atoms with Crippen LogP contribution in [0.25, 0.3) is 0 Å². The lowest BCUT2D eigenvalue weighted by Gasteiger charge is -2.22. The Balaban J connectivity index is 2.14. The maximum atomic E-state index is 12.9. The van der Waals surface area contributed by atoms with Crippen molar-refractivity contribution in [3.05, 3.63) is 29.6 Å². The zero-order valence-electron chi connectivity index (χ0n) is 10.8. The Bertz CT molecular complexity index is 544. The number of carbonyl (C=O) groups is 1. The lowest BCUT2D eigenvalue weighted by Crippen LogP contribution is -2.36. The molecule has 0 aliphatic heterocycles. The van der Waals surface area contributed by atoms with Gasteiger partial charge >= 0.3 is 0 Å². The Morgan fingerprint density at radius 2 is 2.20 bits per heavy atom. The van der Waals surface area contributed by atoms with E-state index in [9.17, 15) is 14.3 Å². The second kappa shape index (κ2) is 5.77. The topological polar surface area (TPSA) is 99.2 Å². The standard InChI is InChI=1S/C13H16FN3O3/c14-8-1-4-10(11(18)7-8)13(19)17(9-2-3-9)6-5-12(15)16-20/h1,4,7,9,18,20H,2-3,5-6H2,(H2,15,16). The van der Waals surface area contributed by atoms with Crippen LogP contribution in [0.5, 0.6) is 5.75 Å². The summed E-state index contributed by atoms with van der Waals surface area (Å²) in [6.07, 6.45) is 1.99. The number of halogens is 1. The van der Waals surface area contributed by atoms with E-state index in [0.717, 1.165) is 25.0 Å². The normalized spacial score (nSPS) is 15.2. The molecule has 0 bridgehead atoms. The highest BCUT2D eigenvalue weighted by Crippen LogP contribution is 2.30. The van der Waals surface area contributed by atoms with Crippen LogP contribution in [0.2, 0.25) is 0 Å². The molecular weight excluding hydrogens is 265 g/mol. The van der Waals surface area contributed by atoms with Gasteiger partial charge in [0, 0.05) is 25.1 Å². The van der Waals surface area contributed by atoms with Crippen LogP contribution in [0.4, 0.5) is 4.39 Å². The fraction of sp³-hybridized carbons (Fsp3) is 0.385. The van der Waals surface area contributed by atoms with Crippen molar-refractivity contribution in [3.63, 3.8) is 0 Å². The van der Waals surface area contributed by atoms with Gasteiger partial charge in [-0.3, -0.25) is 4.79 Å². The minimum Gasteiger partial charge on any atom is -0.507 e. The number of oxime groups is 1. The molecule has 1 aromatic carbocycles. The number of phenols is 1. The second-order valence-electron chi connectivity index (χ2n) is 4.73. The quantitative estimate of drug-likeness (QED) is 0.327.